The Hall–Kier alpha value is -2.18. The van der Waals surface area contributed by atoms with E-state index in [1.807, 2.05) is 6.92 Å². The minimum Gasteiger partial charge on any atom is -0.372 e. The number of nitrogens with one attached hydrogen (secondary N) is 2. The topological polar surface area (TPSA) is 97.2 Å². The minimum absolute atomic E-state index is 0.0213. The van der Waals surface area contributed by atoms with E-state index in [-0.39, 0.29) is 23.2 Å². The van der Waals surface area contributed by atoms with Crippen LogP contribution in [-0.2, 0) is 0 Å². The molecule has 0 bridgehead atoms. The van der Waals surface area contributed by atoms with E-state index < -0.39 is 4.92 Å². The van der Waals surface area contributed by atoms with Gasteiger partial charge in [0.1, 0.15) is 12.0 Å². The van der Waals surface area contributed by atoms with Crippen LogP contribution in [0.25, 0.3) is 0 Å². The fourth-order valence-electron chi connectivity index (χ4n) is 2.00. The number of carbonyl (C=O) groups is 1. The van der Waals surface area contributed by atoms with Gasteiger partial charge in [-0.15, -0.1) is 0 Å². The normalized spacial score (nSPS) is 11.8. The van der Waals surface area contributed by atoms with Crippen LogP contribution in [0.2, 0.25) is 0 Å². The third-order valence-electron chi connectivity index (χ3n) is 3.18. The first-order valence-corrected chi connectivity index (χ1v) is 7.12. The lowest BCUT2D eigenvalue weighted by molar-refractivity contribution is -0.385. The minimum atomic E-state index is -0.562. The van der Waals surface area contributed by atoms with Crippen molar-refractivity contribution in [2.75, 3.05) is 12.4 Å². The molecule has 0 aliphatic rings. The zero-order valence-electron chi connectivity index (χ0n) is 12.7. The quantitative estimate of drug-likeness (QED) is 0.436. The summed E-state index contributed by atoms with van der Waals surface area (Å²) in [6.45, 7) is 4.05. The van der Waals surface area contributed by atoms with Gasteiger partial charge in [0.25, 0.3) is 11.6 Å². The predicted octanol–water partition coefficient (Wildman–Crippen LogP) is 2.73. The standard InChI is InChI=1S/C14H22N4O3/c1-4-5-6-7-10(2)17-14(19)12-8-11(18(20)21)9-16-13(12)15-3/h8-10H,4-7H2,1-3H3,(H,15,16)(H,17,19). The maximum absolute atomic E-state index is 12.2. The molecule has 0 saturated carbocycles. The zero-order chi connectivity index (χ0) is 15.8. The summed E-state index contributed by atoms with van der Waals surface area (Å²) in [6, 6.07) is 1.26. The van der Waals surface area contributed by atoms with Gasteiger partial charge in [-0.1, -0.05) is 26.2 Å². The number of hydrogen-bond acceptors (Lipinski definition) is 5. The summed E-state index contributed by atoms with van der Waals surface area (Å²) in [7, 11) is 1.62. The Morgan fingerprint density at radius 3 is 2.76 bits per heavy atom. The second kappa shape index (κ2) is 8.18. The first-order valence-electron chi connectivity index (χ1n) is 7.12. The third kappa shape index (κ3) is 5.02. The maximum atomic E-state index is 12.2. The van der Waals surface area contributed by atoms with Crippen LogP contribution in [0, 0.1) is 10.1 Å². The molecule has 1 atom stereocenters. The molecule has 0 aliphatic heterocycles. The number of hydrogen-bond donors (Lipinski definition) is 2. The molecule has 0 aromatic carbocycles. The summed E-state index contributed by atoms with van der Waals surface area (Å²) in [4.78, 5) is 26.4. The highest BCUT2D eigenvalue weighted by Gasteiger charge is 2.18. The van der Waals surface area contributed by atoms with Crippen molar-refractivity contribution in [1.29, 1.82) is 0 Å². The van der Waals surface area contributed by atoms with Crippen molar-refractivity contribution in [2.45, 2.75) is 45.6 Å². The molecule has 1 rings (SSSR count). The molecule has 1 aromatic heterocycles. The smallest absolute Gasteiger partial charge is 0.288 e. The number of rotatable bonds is 8. The lowest BCUT2D eigenvalue weighted by atomic mass is 10.1. The SMILES string of the molecule is CCCCCC(C)NC(=O)c1cc([N+](=O)[O-])cnc1NC. The van der Waals surface area contributed by atoms with Gasteiger partial charge in [-0.05, 0) is 13.3 Å². The van der Waals surface area contributed by atoms with Crippen LogP contribution in [0.3, 0.4) is 0 Å². The van der Waals surface area contributed by atoms with Gasteiger partial charge in [0.15, 0.2) is 0 Å². The lowest BCUT2D eigenvalue weighted by Crippen LogP contribution is -2.33. The van der Waals surface area contributed by atoms with Crippen LogP contribution in [0.4, 0.5) is 11.5 Å². The van der Waals surface area contributed by atoms with Crippen molar-refractivity contribution in [2.24, 2.45) is 0 Å². The van der Waals surface area contributed by atoms with Crippen LogP contribution in [0.1, 0.15) is 49.9 Å². The molecule has 0 fully saturated rings. The summed E-state index contributed by atoms with van der Waals surface area (Å²) < 4.78 is 0. The Kier molecular flexibility index (Phi) is 6.58. The molecule has 1 unspecified atom stereocenters. The first-order chi connectivity index (χ1) is 9.99. The molecule has 116 valence electrons. The Morgan fingerprint density at radius 1 is 1.48 bits per heavy atom. The lowest BCUT2D eigenvalue weighted by Gasteiger charge is -2.15. The monoisotopic (exact) mass is 294 g/mol. The second-order valence-corrected chi connectivity index (χ2v) is 4.97. The largest absolute Gasteiger partial charge is 0.372 e. The van der Waals surface area contributed by atoms with E-state index in [1.165, 1.54) is 6.07 Å². The molecular weight excluding hydrogens is 272 g/mol. The van der Waals surface area contributed by atoms with Crippen molar-refractivity contribution in [3.63, 3.8) is 0 Å². The molecule has 0 saturated heterocycles. The van der Waals surface area contributed by atoms with Crippen LogP contribution in [0.5, 0.6) is 0 Å². The van der Waals surface area contributed by atoms with Gasteiger partial charge in [0, 0.05) is 19.2 Å². The van der Waals surface area contributed by atoms with Gasteiger partial charge in [-0.25, -0.2) is 4.98 Å². The van der Waals surface area contributed by atoms with Crippen LogP contribution < -0.4 is 10.6 Å². The van der Waals surface area contributed by atoms with Gasteiger partial charge < -0.3 is 10.6 Å². The van der Waals surface area contributed by atoms with E-state index in [0.717, 1.165) is 31.9 Å². The number of nitrogens with zero attached hydrogens (tertiary/aromatic N) is 2. The van der Waals surface area contributed by atoms with Gasteiger partial charge in [0.05, 0.1) is 10.5 Å². The van der Waals surface area contributed by atoms with Crippen LogP contribution in [-0.4, -0.2) is 28.9 Å². The van der Waals surface area contributed by atoms with E-state index in [9.17, 15) is 14.9 Å². The predicted molar refractivity (Wildman–Crippen MR) is 81.5 cm³/mol. The molecule has 0 aliphatic carbocycles. The fraction of sp³-hybridized carbons (Fsp3) is 0.571. The number of pyridine rings is 1. The van der Waals surface area contributed by atoms with Crippen molar-refractivity contribution >= 4 is 17.4 Å². The molecule has 1 heterocycles. The van der Waals surface area contributed by atoms with Crippen molar-refractivity contribution in [3.8, 4) is 0 Å². The third-order valence-corrected chi connectivity index (χ3v) is 3.18. The molecule has 0 radical (unpaired) electrons. The highest BCUT2D eigenvalue weighted by atomic mass is 16.6. The van der Waals surface area contributed by atoms with Crippen molar-refractivity contribution < 1.29 is 9.72 Å². The number of carbonyl (C=O) groups excluding carboxylic acids is 1. The zero-order valence-corrected chi connectivity index (χ0v) is 12.7. The summed E-state index contributed by atoms with van der Waals surface area (Å²) in [5, 5.41) is 16.4. The number of amides is 1. The molecular formula is C14H22N4O3. The first kappa shape index (κ1) is 16.9. The average Bonchev–Trinajstić information content (AvgIpc) is 2.46. The Bertz CT molecular complexity index is 505. The summed E-state index contributed by atoms with van der Waals surface area (Å²) >= 11 is 0. The Morgan fingerprint density at radius 2 is 2.19 bits per heavy atom. The Labute approximate surface area is 124 Å². The molecule has 2 N–H and O–H groups in total. The second-order valence-electron chi connectivity index (χ2n) is 4.97. The Balaban J connectivity index is 2.80. The number of anilines is 1. The van der Waals surface area contributed by atoms with E-state index in [1.54, 1.807) is 7.05 Å². The molecule has 7 heteroatoms. The van der Waals surface area contributed by atoms with Crippen LogP contribution in [0.15, 0.2) is 12.3 Å². The molecule has 7 nitrogen and oxygen atoms in total. The molecule has 21 heavy (non-hydrogen) atoms. The van der Waals surface area contributed by atoms with E-state index in [0.29, 0.717) is 5.82 Å². The van der Waals surface area contributed by atoms with Crippen molar-refractivity contribution in [1.82, 2.24) is 10.3 Å². The fourth-order valence-corrected chi connectivity index (χ4v) is 2.00. The molecule has 1 amide bonds. The summed E-state index contributed by atoms with van der Waals surface area (Å²) in [5.41, 5.74) is -0.00757. The van der Waals surface area contributed by atoms with Gasteiger partial charge in [-0.2, -0.15) is 0 Å². The highest BCUT2D eigenvalue weighted by molar-refractivity contribution is 5.99. The van der Waals surface area contributed by atoms with Crippen molar-refractivity contribution in [3.05, 3.63) is 27.9 Å². The average molecular weight is 294 g/mol. The van der Waals surface area contributed by atoms with E-state index in [4.69, 9.17) is 0 Å². The van der Waals surface area contributed by atoms with E-state index in [2.05, 4.69) is 22.5 Å². The molecule has 1 aromatic rings. The van der Waals surface area contributed by atoms with E-state index >= 15 is 0 Å². The number of nitro groups is 1. The van der Waals surface area contributed by atoms with Gasteiger partial charge in [0.2, 0.25) is 0 Å². The van der Waals surface area contributed by atoms with Gasteiger partial charge >= 0.3 is 0 Å². The summed E-state index contributed by atoms with van der Waals surface area (Å²) in [6.07, 6.45) is 5.31. The van der Waals surface area contributed by atoms with Gasteiger partial charge in [-0.3, -0.25) is 14.9 Å². The summed E-state index contributed by atoms with van der Waals surface area (Å²) in [5.74, 6) is -0.0154. The van der Waals surface area contributed by atoms with Crippen LogP contribution >= 0.6 is 0 Å². The maximum Gasteiger partial charge on any atom is 0.288 e. The highest BCUT2D eigenvalue weighted by Crippen LogP contribution is 2.19. The number of unbranched alkanes of at least 4 members (excludes halogenated alkanes) is 2. The number of aromatic nitrogens is 1. The molecule has 0 spiro atoms.